The third kappa shape index (κ3) is 6.39. The average Bonchev–Trinajstić information content (AvgIpc) is 3.45. The summed E-state index contributed by atoms with van der Waals surface area (Å²) < 4.78 is 80.1. The zero-order valence-corrected chi connectivity index (χ0v) is 22.7. The Morgan fingerprint density at radius 1 is 0.902 bits per heavy atom. The molecule has 0 bridgehead atoms. The van der Waals surface area contributed by atoms with E-state index >= 15 is 0 Å². The molecule has 0 spiro atoms. The van der Waals surface area contributed by atoms with Crippen molar-refractivity contribution < 1.29 is 40.7 Å². The Morgan fingerprint density at radius 2 is 1.59 bits per heavy atom. The van der Waals surface area contributed by atoms with Crippen LogP contribution in [-0.4, -0.2) is 22.1 Å². The van der Waals surface area contributed by atoms with Crippen molar-refractivity contribution in [2.45, 2.75) is 23.4 Å². The molecule has 41 heavy (non-hydrogen) atoms. The third-order valence-corrected chi connectivity index (χ3v) is 7.33. The van der Waals surface area contributed by atoms with E-state index < -0.39 is 74.5 Å². The van der Waals surface area contributed by atoms with Gasteiger partial charge in [0.05, 0.1) is 27.8 Å². The van der Waals surface area contributed by atoms with Crippen LogP contribution in [-0.2, 0) is 15.8 Å². The Hall–Kier alpha value is -3.48. The number of benzene rings is 3. The van der Waals surface area contributed by atoms with Crippen LogP contribution < -0.4 is 16.0 Å². The highest BCUT2D eigenvalue weighted by molar-refractivity contribution is 6.53. The Balaban J connectivity index is 1.54. The highest BCUT2D eigenvalue weighted by Crippen LogP contribution is 2.65. The molecular weight excluding hydrogens is 623 g/mol. The largest absolute Gasteiger partial charge is 0.416 e. The Bertz CT molecular complexity index is 1580. The normalized spacial score (nSPS) is 17.5. The van der Waals surface area contributed by atoms with Crippen LogP contribution in [0.3, 0.4) is 0 Å². The fraction of sp³-hybridized carbons (Fsp3) is 0.192. The summed E-state index contributed by atoms with van der Waals surface area (Å²) in [6, 6.07) is 7.08. The first kappa shape index (κ1) is 30.5. The first-order valence-electron chi connectivity index (χ1n) is 11.4. The molecule has 1 aliphatic carbocycles. The van der Waals surface area contributed by atoms with E-state index in [9.17, 15) is 40.7 Å². The molecule has 2 atom stereocenters. The molecule has 0 heterocycles. The maximum atomic E-state index is 14.7. The van der Waals surface area contributed by atoms with Gasteiger partial charge in [-0.1, -0.05) is 11.6 Å². The molecule has 4 rings (SSSR count). The predicted octanol–water partition coefficient (Wildman–Crippen LogP) is 7.51. The summed E-state index contributed by atoms with van der Waals surface area (Å²) in [5.41, 5.74) is -3.07. The Kier molecular flexibility index (Phi) is 8.23. The lowest BCUT2D eigenvalue weighted by molar-refractivity contribution is -0.137. The Labute approximate surface area is 242 Å². The molecule has 1 saturated carbocycles. The minimum Gasteiger partial charge on any atom is -0.326 e. The van der Waals surface area contributed by atoms with E-state index in [2.05, 4.69) is 10.6 Å². The lowest BCUT2D eigenvalue weighted by Crippen LogP contribution is -2.19. The molecule has 15 heteroatoms. The van der Waals surface area contributed by atoms with Crippen molar-refractivity contribution in [1.29, 1.82) is 0 Å². The molecule has 3 aromatic carbocycles. The maximum absolute atomic E-state index is 14.7. The zero-order chi connectivity index (χ0) is 30.4. The van der Waals surface area contributed by atoms with Crippen molar-refractivity contribution in [3.63, 3.8) is 0 Å². The monoisotopic (exact) mass is 637 g/mol. The molecule has 3 amide bonds. The third-order valence-electron chi connectivity index (χ3n) is 6.06. The summed E-state index contributed by atoms with van der Waals surface area (Å²) in [5.74, 6) is -8.60. The van der Waals surface area contributed by atoms with Gasteiger partial charge < -0.3 is 16.0 Å². The highest BCUT2D eigenvalue weighted by Gasteiger charge is 2.67. The van der Waals surface area contributed by atoms with Gasteiger partial charge in [-0.05, 0) is 54.1 Å². The molecule has 3 N–H and O–H groups in total. The van der Waals surface area contributed by atoms with Gasteiger partial charge in [0, 0.05) is 18.5 Å². The van der Waals surface area contributed by atoms with Gasteiger partial charge in [0.15, 0.2) is 5.82 Å². The second kappa shape index (κ2) is 11.1. The van der Waals surface area contributed by atoms with Crippen LogP contribution >= 0.6 is 34.8 Å². The number of alkyl halides is 5. The number of amides is 3. The smallest absolute Gasteiger partial charge is 0.326 e. The summed E-state index contributed by atoms with van der Waals surface area (Å²) >= 11 is 18.5. The maximum Gasteiger partial charge on any atom is 0.416 e. The van der Waals surface area contributed by atoms with Gasteiger partial charge in [0.2, 0.25) is 11.8 Å². The van der Waals surface area contributed by atoms with Gasteiger partial charge in [0.25, 0.3) is 5.91 Å². The van der Waals surface area contributed by atoms with Gasteiger partial charge in [-0.2, -0.15) is 13.2 Å². The van der Waals surface area contributed by atoms with E-state index in [4.69, 9.17) is 34.8 Å². The van der Waals surface area contributed by atoms with Crippen molar-refractivity contribution >= 4 is 69.6 Å². The van der Waals surface area contributed by atoms with E-state index in [1.807, 2.05) is 5.32 Å². The first-order chi connectivity index (χ1) is 19.0. The number of carbonyl (C=O) groups is 3. The van der Waals surface area contributed by atoms with Crippen molar-refractivity contribution in [3.05, 3.63) is 87.7 Å². The molecular formula is C26H16Cl3F6N3O3. The summed E-state index contributed by atoms with van der Waals surface area (Å²) in [4.78, 5) is 37.0. The van der Waals surface area contributed by atoms with Gasteiger partial charge in [-0.25, -0.2) is 13.2 Å². The van der Waals surface area contributed by atoms with Crippen molar-refractivity contribution in [2.24, 2.45) is 5.92 Å². The number of hydrogen-bond donors (Lipinski definition) is 3. The standard InChI is InChI=1S/C26H16Cl3F6N3O3/c1-10(39)36-22-17(31)4-5-18(21(22)32)38-23(40)15-9-14(2-3-16(15)27)37-24(41)20-19(25(20,28)29)11-6-12(26(33,34)35)8-13(30)7-11/h2-9,19-20H,1H3,(H,36,39)(H,37,41)(H,38,40)/t19-,20+/m0/s1. The lowest BCUT2D eigenvalue weighted by atomic mass is 10.0. The number of hydrogen-bond acceptors (Lipinski definition) is 3. The van der Waals surface area contributed by atoms with Crippen LogP contribution in [0.2, 0.25) is 5.02 Å². The van der Waals surface area contributed by atoms with E-state index in [0.29, 0.717) is 12.1 Å². The lowest BCUT2D eigenvalue weighted by Gasteiger charge is -2.13. The van der Waals surface area contributed by atoms with Crippen LogP contribution in [0, 0.1) is 23.4 Å². The number of halogens is 9. The molecule has 3 aromatic rings. The number of anilines is 3. The SMILES string of the molecule is CC(=O)Nc1c(F)ccc(NC(=O)c2cc(NC(=O)[C@H]3[C@H](c4cc(F)cc(C(F)(F)F)c4)C3(Cl)Cl)ccc2Cl)c1F. The Morgan fingerprint density at radius 3 is 2.22 bits per heavy atom. The van der Waals surface area contributed by atoms with Crippen LogP contribution in [0.25, 0.3) is 0 Å². The van der Waals surface area contributed by atoms with Crippen molar-refractivity contribution in [3.8, 4) is 0 Å². The molecule has 0 unspecified atom stereocenters. The molecule has 1 aliphatic rings. The van der Waals surface area contributed by atoms with Crippen LogP contribution in [0.1, 0.15) is 34.3 Å². The first-order valence-corrected chi connectivity index (χ1v) is 12.6. The van der Waals surface area contributed by atoms with Crippen molar-refractivity contribution in [1.82, 2.24) is 0 Å². The zero-order valence-electron chi connectivity index (χ0n) is 20.4. The van der Waals surface area contributed by atoms with Gasteiger partial charge >= 0.3 is 6.18 Å². The summed E-state index contributed by atoms with van der Waals surface area (Å²) in [6.45, 7) is 1.03. The molecule has 6 nitrogen and oxygen atoms in total. The predicted molar refractivity (Wildman–Crippen MR) is 141 cm³/mol. The van der Waals surface area contributed by atoms with Crippen molar-refractivity contribution in [2.75, 3.05) is 16.0 Å². The minimum atomic E-state index is -4.85. The van der Waals surface area contributed by atoms with Crippen LogP contribution in [0.15, 0.2) is 48.5 Å². The summed E-state index contributed by atoms with van der Waals surface area (Å²) in [6.07, 6.45) is -4.85. The number of carbonyl (C=O) groups excluding carboxylic acids is 3. The second-order valence-corrected chi connectivity index (χ2v) is 10.9. The van der Waals surface area contributed by atoms with Gasteiger partial charge in [-0.3, -0.25) is 14.4 Å². The van der Waals surface area contributed by atoms with E-state index in [-0.39, 0.29) is 21.8 Å². The van der Waals surface area contributed by atoms with Gasteiger partial charge in [0.1, 0.15) is 21.7 Å². The van der Waals surface area contributed by atoms with E-state index in [0.717, 1.165) is 31.2 Å². The molecule has 0 aliphatic heterocycles. The molecule has 1 fully saturated rings. The average molecular weight is 639 g/mol. The fourth-order valence-corrected chi connectivity index (χ4v) is 5.18. The number of rotatable bonds is 6. The quantitative estimate of drug-likeness (QED) is 0.193. The highest BCUT2D eigenvalue weighted by atomic mass is 35.5. The molecule has 0 radical (unpaired) electrons. The molecule has 0 saturated heterocycles. The second-order valence-electron chi connectivity index (χ2n) is 9.00. The van der Waals surface area contributed by atoms with Crippen LogP contribution in [0.4, 0.5) is 43.4 Å². The topological polar surface area (TPSA) is 87.3 Å². The molecule has 216 valence electrons. The minimum absolute atomic E-state index is 0.0203. The molecule has 0 aromatic heterocycles. The summed E-state index contributed by atoms with van der Waals surface area (Å²) in [5, 5.41) is 6.46. The van der Waals surface area contributed by atoms with E-state index in [1.54, 1.807) is 0 Å². The fourth-order valence-electron chi connectivity index (χ4n) is 4.15. The summed E-state index contributed by atoms with van der Waals surface area (Å²) in [7, 11) is 0. The van der Waals surface area contributed by atoms with Crippen LogP contribution in [0.5, 0.6) is 0 Å². The van der Waals surface area contributed by atoms with Gasteiger partial charge in [-0.15, -0.1) is 23.2 Å². The van der Waals surface area contributed by atoms with E-state index in [1.165, 1.54) is 12.1 Å². The number of nitrogens with one attached hydrogen (secondary N) is 3.